The number of rotatable bonds is 5. The maximum Gasteiger partial charge on any atom is 0.252 e. The number of nitrogens with one attached hydrogen (secondary N) is 1. The summed E-state index contributed by atoms with van der Waals surface area (Å²) >= 11 is 0. The number of benzene rings is 1. The molecule has 1 N–H and O–H groups in total. The van der Waals surface area contributed by atoms with Gasteiger partial charge < -0.3 is 10.1 Å². The van der Waals surface area contributed by atoms with E-state index < -0.39 is 9.84 Å². The van der Waals surface area contributed by atoms with Crippen LogP contribution in [-0.4, -0.2) is 53.7 Å². The van der Waals surface area contributed by atoms with Gasteiger partial charge in [-0.05, 0) is 56.5 Å². The molecule has 3 aromatic rings. The monoisotopic (exact) mass is 468 g/mol. The fraction of sp³-hybridized carbons (Fsp3) is 0.458. The second kappa shape index (κ2) is 8.44. The summed E-state index contributed by atoms with van der Waals surface area (Å²) in [4.78, 5) is 18.3. The number of carbonyl (C=O) groups excluding carboxylic acids is 1. The van der Waals surface area contributed by atoms with E-state index >= 15 is 0 Å². The number of aromatic nitrogens is 3. The molecule has 1 aliphatic heterocycles. The molecule has 1 saturated carbocycles. The molecule has 2 fully saturated rings. The zero-order chi connectivity index (χ0) is 23.2. The second-order valence-corrected chi connectivity index (χ2v) is 11.3. The van der Waals surface area contributed by atoms with Crippen LogP contribution >= 0.6 is 0 Å². The zero-order valence-electron chi connectivity index (χ0n) is 18.9. The SMILES string of the molecule is COc1ccc(-c2cc(C(=O)NC3CCCC3)c3c(C)nn(C4CCS(=O)(=O)C4)c3n2)cc1. The standard InChI is InChI=1S/C24H28N4O4S/c1-15-22-20(24(29)25-17-5-3-4-6-17)13-21(16-7-9-19(32-2)10-8-16)26-23(22)28(27-15)18-11-12-33(30,31)14-18/h7-10,13,17-18H,3-6,11-12,14H2,1-2H3,(H,25,29). The highest BCUT2D eigenvalue weighted by molar-refractivity contribution is 7.91. The van der Waals surface area contributed by atoms with Gasteiger partial charge in [0.25, 0.3) is 5.91 Å². The van der Waals surface area contributed by atoms with E-state index in [9.17, 15) is 13.2 Å². The van der Waals surface area contributed by atoms with Gasteiger partial charge in [-0.15, -0.1) is 0 Å². The van der Waals surface area contributed by atoms with Gasteiger partial charge >= 0.3 is 0 Å². The number of nitrogens with zero attached hydrogens (tertiary/aromatic N) is 3. The van der Waals surface area contributed by atoms with Gasteiger partial charge in [0.15, 0.2) is 15.5 Å². The minimum Gasteiger partial charge on any atom is -0.497 e. The summed E-state index contributed by atoms with van der Waals surface area (Å²) in [6.07, 6.45) is 4.73. The highest BCUT2D eigenvalue weighted by atomic mass is 32.2. The Morgan fingerprint density at radius 2 is 1.88 bits per heavy atom. The lowest BCUT2D eigenvalue weighted by Gasteiger charge is -2.15. The average Bonchev–Trinajstić information content (AvgIpc) is 3.52. The van der Waals surface area contributed by atoms with Gasteiger partial charge in [-0.1, -0.05) is 12.8 Å². The third-order valence-electron chi connectivity index (χ3n) is 6.71. The summed E-state index contributed by atoms with van der Waals surface area (Å²) in [5.41, 5.74) is 3.25. The van der Waals surface area contributed by atoms with E-state index in [1.165, 1.54) is 0 Å². The number of hydrogen-bond donors (Lipinski definition) is 1. The molecule has 0 bridgehead atoms. The van der Waals surface area contributed by atoms with Crippen molar-refractivity contribution in [3.05, 3.63) is 41.6 Å². The highest BCUT2D eigenvalue weighted by Gasteiger charge is 2.32. The van der Waals surface area contributed by atoms with Gasteiger partial charge in [-0.3, -0.25) is 4.79 Å². The van der Waals surface area contributed by atoms with Crippen molar-refractivity contribution >= 4 is 26.8 Å². The van der Waals surface area contributed by atoms with E-state index in [-0.39, 0.29) is 29.5 Å². The number of ether oxygens (including phenoxy) is 1. The summed E-state index contributed by atoms with van der Waals surface area (Å²) in [6, 6.07) is 9.23. The summed E-state index contributed by atoms with van der Waals surface area (Å²) in [5.74, 6) is 0.786. The number of sulfone groups is 1. The summed E-state index contributed by atoms with van der Waals surface area (Å²) in [7, 11) is -1.48. The van der Waals surface area contributed by atoms with Crippen LogP contribution in [0.5, 0.6) is 5.75 Å². The molecule has 1 atom stereocenters. The van der Waals surface area contributed by atoms with Crippen molar-refractivity contribution in [2.75, 3.05) is 18.6 Å². The van der Waals surface area contributed by atoms with E-state index in [1.54, 1.807) is 11.8 Å². The van der Waals surface area contributed by atoms with E-state index in [1.807, 2.05) is 37.3 Å². The van der Waals surface area contributed by atoms with E-state index in [4.69, 9.17) is 9.72 Å². The maximum absolute atomic E-state index is 13.4. The lowest BCUT2D eigenvalue weighted by atomic mass is 10.0. The Morgan fingerprint density at radius 1 is 1.15 bits per heavy atom. The van der Waals surface area contributed by atoms with E-state index in [0.29, 0.717) is 34.4 Å². The first-order valence-corrected chi connectivity index (χ1v) is 13.2. The molecule has 1 aromatic carbocycles. The average molecular weight is 469 g/mol. The van der Waals surface area contributed by atoms with Crippen LogP contribution in [0.1, 0.15) is 54.2 Å². The quantitative estimate of drug-likeness (QED) is 0.615. The first kappa shape index (κ1) is 21.9. The van der Waals surface area contributed by atoms with Gasteiger partial charge in [0.05, 0.1) is 47.0 Å². The molecule has 8 nitrogen and oxygen atoms in total. The van der Waals surface area contributed by atoms with E-state index in [0.717, 1.165) is 37.0 Å². The van der Waals surface area contributed by atoms with Crippen molar-refractivity contribution in [2.45, 2.75) is 51.1 Å². The van der Waals surface area contributed by atoms with Crippen LogP contribution in [0, 0.1) is 6.92 Å². The number of fused-ring (bicyclic) bond motifs is 1. The Morgan fingerprint density at radius 3 is 2.52 bits per heavy atom. The molecule has 9 heteroatoms. The second-order valence-electron chi connectivity index (χ2n) is 9.02. The van der Waals surface area contributed by atoms with E-state index in [2.05, 4.69) is 10.4 Å². The normalized spacial score (nSPS) is 20.4. The number of pyridine rings is 1. The van der Waals surface area contributed by atoms with Crippen molar-refractivity contribution in [1.29, 1.82) is 0 Å². The van der Waals surface area contributed by atoms with Gasteiger partial charge in [0.2, 0.25) is 0 Å². The highest BCUT2D eigenvalue weighted by Crippen LogP contribution is 2.33. The molecular weight excluding hydrogens is 440 g/mol. The zero-order valence-corrected chi connectivity index (χ0v) is 19.7. The maximum atomic E-state index is 13.4. The molecule has 3 heterocycles. The number of amides is 1. The minimum absolute atomic E-state index is 0.0429. The third-order valence-corrected chi connectivity index (χ3v) is 8.46. The fourth-order valence-electron chi connectivity index (χ4n) is 4.96. The molecule has 174 valence electrons. The van der Waals surface area contributed by atoms with Crippen LogP contribution in [0.2, 0.25) is 0 Å². The molecule has 1 aliphatic carbocycles. The fourth-order valence-corrected chi connectivity index (χ4v) is 6.65. The van der Waals surface area contributed by atoms with Crippen LogP contribution in [0.25, 0.3) is 22.3 Å². The van der Waals surface area contributed by atoms with Crippen molar-refractivity contribution in [3.8, 4) is 17.0 Å². The van der Waals surface area contributed by atoms with Crippen molar-refractivity contribution in [2.24, 2.45) is 0 Å². The largest absolute Gasteiger partial charge is 0.497 e. The molecule has 1 amide bonds. The molecule has 0 radical (unpaired) electrons. The van der Waals surface area contributed by atoms with Gasteiger partial charge in [-0.25, -0.2) is 18.1 Å². The first-order valence-electron chi connectivity index (χ1n) is 11.4. The molecule has 1 saturated heterocycles. The summed E-state index contributed by atoms with van der Waals surface area (Å²) in [6.45, 7) is 1.85. The van der Waals surface area contributed by atoms with Crippen LogP contribution in [0.3, 0.4) is 0 Å². The van der Waals surface area contributed by atoms with Gasteiger partial charge in [0, 0.05) is 11.6 Å². The molecule has 2 aliphatic rings. The predicted molar refractivity (Wildman–Crippen MR) is 126 cm³/mol. The van der Waals surface area contributed by atoms with Gasteiger partial charge in [0.1, 0.15) is 5.75 Å². The van der Waals surface area contributed by atoms with Gasteiger partial charge in [-0.2, -0.15) is 5.10 Å². The Kier molecular flexibility index (Phi) is 5.60. The lowest BCUT2D eigenvalue weighted by Crippen LogP contribution is -2.32. The van der Waals surface area contributed by atoms with Crippen LogP contribution in [0.15, 0.2) is 30.3 Å². The van der Waals surface area contributed by atoms with Crippen molar-refractivity contribution < 1.29 is 17.9 Å². The van der Waals surface area contributed by atoms with Crippen molar-refractivity contribution in [3.63, 3.8) is 0 Å². The van der Waals surface area contributed by atoms with Crippen molar-refractivity contribution in [1.82, 2.24) is 20.1 Å². The summed E-state index contributed by atoms with van der Waals surface area (Å²) in [5, 5.41) is 8.53. The molecule has 1 unspecified atom stereocenters. The number of methoxy groups -OCH3 is 1. The Bertz CT molecular complexity index is 1310. The minimum atomic E-state index is -3.10. The lowest BCUT2D eigenvalue weighted by molar-refractivity contribution is 0.0939. The molecule has 0 spiro atoms. The molecular formula is C24H28N4O4S. The predicted octanol–water partition coefficient (Wildman–Crippen LogP) is 3.45. The number of aryl methyl sites for hydroxylation is 1. The van der Waals surface area contributed by atoms with Crippen LogP contribution < -0.4 is 10.1 Å². The van der Waals surface area contributed by atoms with Crippen LogP contribution in [-0.2, 0) is 9.84 Å². The Balaban J connectivity index is 1.65. The number of carbonyl (C=O) groups is 1. The molecule has 2 aromatic heterocycles. The molecule has 33 heavy (non-hydrogen) atoms. The summed E-state index contributed by atoms with van der Waals surface area (Å²) < 4.78 is 31.3. The third kappa shape index (κ3) is 4.21. The first-order chi connectivity index (χ1) is 15.8. The Hall–Kier alpha value is -2.94. The Labute approximate surface area is 193 Å². The molecule has 5 rings (SSSR count). The smallest absolute Gasteiger partial charge is 0.252 e. The topological polar surface area (TPSA) is 103 Å². The van der Waals surface area contributed by atoms with Crippen LogP contribution in [0.4, 0.5) is 0 Å². The number of hydrogen-bond acceptors (Lipinski definition) is 6.